The minimum Gasteiger partial charge on any atom is -0.465 e. The summed E-state index contributed by atoms with van der Waals surface area (Å²) in [5, 5.41) is 3.43. The predicted molar refractivity (Wildman–Crippen MR) is 79.2 cm³/mol. The molecule has 0 spiro atoms. The van der Waals surface area contributed by atoms with E-state index in [1.54, 1.807) is 0 Å². The van der Waals surface area contributed by atoms with Crippen LogP contribution in [0.15, 0.2) is 0 Å². The van der Waals surface area contributed by atoms with E-state index in [0.717, 1.165) is 31.2 Å². The number of aryl methyl sites for hydroxylation is 1. The Morgan fingerprint density at radius 1 is 1.45 bits per heavy atom. The van der Waals surface area contributed by atoms with Gasteiger partial charge in [-0.3, -0.25) is 4.79 Å². The summed E-state index contributed by atoms with van der Waals surface area (Å²) in [4.78, 5) is 25.0. The molecule has 0 radical (unpaired) electrons. The molecule has 0 saturated heterocycles. The second kappa shape index (κ2) is 6.37. The second-order valence-electron chi connectivity index (χ2n) is 4.97. The normalized spacial score (nSPS) is 14.8. The van der Waals surface area contributed by atoms with E-state index in [0.29, 0.717) is 10.6 Å². The number of hydrogen-bond donors (Lipinski definition) is 2. The molecule has 1 aliphatic rings. The average molecular weight is 296 g/mol. The summed E-state index contributed by atoms with van der Waals surface area (Å²) >= 11 is 1.48. The van der Waals surface area contributed by atoms with Crippen LogP contribution in [0.4, 0.5) is 5.00 Å². The Bertz CT molecular complexity index is 525. The standard InChI is InChI=1S/C14H20N2O3S/c1-3-8(15)7-11(17)16-13-12(14(18)19-2)9-5-4-6-10(9)20-13/h8H,3-7,15H2,1-2H3,(H,16,17). The van der Waals surface area contributed by atoms with E-state index in [4.69, 9.17) is 10.5 Å². The summed E-state index contributed by atoms with van der Waals surface area (Å²) in [5.41, 5.74) is 7.34. The Hall–Kier alpha value is -1.40. The van der Waals surface area contributed by atoms with E-state index in [1.807, 2.05) is 6.92 Å². The van der Waals surface area contributed by atoms with Crippen molar-refractivity contribution in [1.82, 2.24) is 0 Å². The number of nitrogens with one attached hydrogen (secondary N) is 1. The van der Waals surface area contributed by atoms with Crippen LogP contribution in [0.25, 0.3) is 0 Å². The molecule has 110 valence electrons. The molecule has 1 aromatic rings. The minimum atomic E-state index is -0.375. The van der Waals surface area contributed by atoms with Crippen LogP contribution in [0.3, 0.4) is 0 Å². The average Bonchev–Trinajstić information content (AvgIpc) is 2.97. The van der Waals surface area contributed by atoms with Gasteiger partial charge in [-0.2, -0.15) is 0 Å². The lowest BCUT2D eigenvalue weighted by molar-refractivity contribution is -0.116. The van der Waals surface area contributed by atoms with Crippen molar-refractivity contribution in [2.24, 2.45) is 5.73 Å². The number of carbonyl (C=O) groups is 2. The Labute approximate surface area is 122 Å². The molecule has 0 aromatic carbocycles. The molecule has 0 fully saturated rings. The Morgan fingerprint density at radius 3 is 2.85 bits per heavy atom. The molecule has 5 nitrogen and oxygen atoms in total. The van der Waals surface area contributed by atoms with Crippen molar-refractivity contribution in [2.75, 3.05) is 12.4 Å². The van der Waals surface area contributed by atoms with Gasteiger partial charge in [0.1, 0.15) is 5.00 Å². The fraction of sp³-hybridized carbons (Fsp3) is 0.571. The van der Waals surface area contributed by atoms with Crippen LogP contribution in [0.5, 0.6) is 0 Å². The number of amides is 1. The zero-order valence-electron chi connectivity index (χ0n) is 11.8. The van der Waals surface area contributed by atoms with Gasteiger partial charge in [-0.15, -0.1) is 11.3 Å². The van der Waals surface area contributed by atoms with Crippen molar-refractivity contribution in [1.29, 1.82) is 0 Å². The molecular formula is C14H20N2O3S. The number of ether oxygens (including phenoxy) is 1. The number of esters is 1. The van der Waals surface area contributed by atoms with Gasteiger partial charge in [0, 0.05) is 17.3 Å². The molecule has 1 atom stereocenters. The zero-order chi connectivity index (χ0) is 14.7. The van der Waals surface area contributed by atoms with Gasteiger partial charge >= 0.3 is 5.97 Å². The molecule has 1 heterocycles. The fourth-order valence-electron chi connectivity index (χ4n) is 2.37. The van der Waals surface area contributed by atoms with E-state index in [-0.39, 0.29) is 24.3 Å². The van der Waals surface area contributed by atoms with Crippen LogP contribution in [0.2, 0.25) is 0 Å². The Morgan fingerprint density at radius 2 is 2.20 bits per heavy atom. The number of rotatable bonds is 5. The van der Waals surface area contributed by atoms with Crippen LogP contribution in [-0.4, -0.2) is 25.0 Å². The second-order valence-corrected chi connectivity index (χ2v) is 6.08. The van der Waals surface area contributed by atoms with Gasteiger partial charge in [0.25, 0.3) is 0 Å². The highest BCUT2D eigenvalue weighted by molar-refractivity contribution is 7.17. The molecule has 0 aliphatic heterocycles. The van der Waals surface area contributed by atoms with Crippen LogP contribution >= 0.6 is 11.3 Å². The highest BCUT2D eigenvalue weighted by Gasteiger charge is 2.28. The first kappa shape index (κ1) is 15.0. The molecule has 20 heavy (non-hydrogen) atoms. The van der Waals surface area contributed by atoms with Gasteiger partial charge in [0.2, 0.25) is 5.91 Å². The van der Waals surface area contributed by atoms with E-state index < -0.39 is 0 Å². The maximum atomic E-state index is 11.9. The number of anilines is 1. The van der Waals surface area contributed by atoms with Crippen molar-refractivity contribution < 1.29 is 14.3 Å². The monoisotopic (exact) mass is 296 g/mol. The summed E-state index contributed by atoms with van der Waals surface area (Å²) in [5.74, 6) is -0.524. The number of methoxy groups -OCH3 is 1. The first-order chi connectivity index (χ1) is 9.56. The summed E-state index contributed by atoms with van der Waals surface area (Å²) in [7, 11) is 1.36. The maximum Gasteiger partial charge on any atom is 0.341 e. The molecule has 0 bridgehead atoms. The van der Waals surface area contributed by atoms with Crippen molar-refractivity contribution >= 4 is 28.2 Å². The van der Waals surface area contributed by atoms with Crippen LogP contribution in [-0.2, 0) is 22.4 Å². The van der Waals surface area contributed by atoms with Gasteiger partial charge < -0.3 is 15.8 Å². The van der Waals surface area contributed by atoms with Gasteiger partial charge in [0.15, 0.2) is 0 Å². The first-order valence-corrected chi connectivity index (χ1v) is 7.66. The first-order valence-electron chi connectivity index (χ1n) is 6.85. The highest BCUT2D eigenvalue weighted by atomic mass is 32.1. The summed E-state index contributed by atoms with van der Waals surface area (Å²) in [6.07, 6.45) is 3.91. The van der Waals surface area contributed by atoms with Crippen molar-refractivity contribution in [3.8, 4) is 0 Å². The Balaban J connectivity index is 2.19. The maximum absolute atomic E-state index is 11.9. The topological polar surface area (TPSA) is 81.4 Å². The van der Waals surface area contributed by atoms with Crippen LogP contribution < -0.4 is 11.1 Å². The SMILES string of the molecule is CCC(N)CC(=O)Nc1sc2c(c1C(=O)OC)CCC2. The third kappa shape index (κ3) is 3.02. The van der Waals surface area contributed by atoms with Gasteiger partial charge in [-0.25, -0.2) is 4.79 Å². The van der Waals surface area contributed by atoms with Gasteiger partial charge in [0.05, 0.1) is 12.7 Å². The Kier molecular flexibility index (Phi) is 4.77. The number of nitrogens with two attached hydrogens (primary N) is 1. The van der Waals surface area contributed by atoms with Gasteiger partial charge in [-0.1, -0.05) is 6.92 Å². The molecule has 1 amide bonds. The van der Waals surface area contributed by atoms with Crippen molar-refractivity contribution in [2.45, 2.75) is 45.1 Å². The lowest BCUT2D eigenvalue weighted by Gasteiger charge is -2.10. The highest BCUT2D eigenvalue weighted by Crippen LogP contribution is 2.39. The third-order valence-electron chi connectivity index (χ3n) is 3.54. The van der Waals surface area contributed by atoms with E-state index in [2.05, 4.69) is 5.32 Å². The van der Waals surface area contributed by atoms with Crippen molar-refractivity contribution in [3.05, 3.63) is 16.0 Å². The smallest absolute Gasteiger partial charge is 0.341 e. The molecule has 1 aliphatic carbocycles. The number of carbonyl (C=O) groups excluding carboxylic acids is 2. The summed E-state index contributed by atoms with van der Waals surface area (Å²) < 4.78 is 4.84. The van der Waals surface area contributed by atoms with Crippen LogP contribution in [0, 0.1) is 0 Å². The molecule has 1 aromatic heterocycles. The van der Waals surface area contributed by atoms with Crippen molar-refractivity contribution in [3.63, 3.8) is 0 Å². The predicted octanol–water partition coefficient (Wildman–Crippen LogP) is 2.09. The summed E-state index contributed by atoms with van der Waals surface area (Å²) in [6.45, 7) is 1.94. The lowest BCUT2D eigenvalue weighted by atomic mass is 10.1. The molecule has 2 rings (SSSR count). The number of fused-ring (bicyclic) bond motifs is 1. The quantitative estimate of drug-likeness (QED) is 0.815. The number of hydrogen-bond acceptors (Lipinski definition) is 5. The van der Waals surface area contributed by atoms with E-state index >= 15 is 0 Å². The van der Waals surface area contributed by atoms with Gasteiger partial charge in [-0.05, 0) is 31.2 Å². The largest absolute Gasteiger partial charge is 0.465 e. The summed E-state index contributed by atoms with van der Waals surface area (Å²) in [6, 6.07) is -0.150. The zero-order valence-corrected chi connectivity index (χ0v) is 12.6. The molecule has 1 unspecified atom stereocenters. The fourth-order valence-corrected chi connectivity index (χ4v) is 3.66. The van der Waals surface area contributed by atoms with E-state index in [1.165, 1.54) is 23.3 Å². The molecular weight excluding hydrogens is 276 g/mol. The number of thiophene rings is 1. The molecule has 6 heteroatoms. The molecule has 3 N–H and O–H groups in total. The van der Waals surface area contributed by atoms with E-state index in [9.17, 15) is 9.59 Å². The third-order valence-corrected chi connectivity index (χ3v) is 4.74. The lowest BCUT2D eigenvalue weighted by Crippen LogP contribution is -2.26. The van der Waals surface area contributed by atoms with Crippen LogP contribution in [0.1, 0.15) is 47.0 Å². The minimum absolute atomic E-state index is 0.149. The molecule has 0 saturated carbocycles.